The Balaban J connectivity index is 3.25. The summed E-state index contributed by atoms with van der Waals surface area (Å²) in [5, 5.41) is 12.4. The van der Waals surface area contributed by atoms with E-state index in [0.29, 0.717) is 13.2 Å². The van der Waals surface area contributed by atoms with E-state index in [-0.39, 0.29) is 6.61 Å². The van der Waals surface area contributed by atoms with Crippen molar-refractivity contribution < 1.29 is 14.6 Å². The van der Waals surface area contributed by atoms with Gasteiger partial charge in [-0.15, -0.1) is 4.91 Å². The zero-order valence-electron chi connectivity index (χ0n) is 8.76. The number of rotatable bonds is 9. The molecular weight excluding hydrogens is 202 g/mol. The molecule has 0 aliphatic carbocycles. The number of unbranched alkanes of at least 4 members (excludes halogenated alkanes) is 1. The lowest BCUT2D eigenvalue weighted by atomic mass is 10.3. The highest BCUT2D eigenvalue weighted by molar-refractivity contribution is 5.73. The molecule has 15 heavy (non-hydrogen) atoms. The van der Waals surface area contributed by atoms with Crippen molar-refractivity contribution in [1.82, 2.24) is 5.01 Å². The van der Waals surface area contributed by atoms with E-state index in [1.807, 2.05) is 0 Å². The molecule has 1 atom stereocenters. The van der Waals surface area contributed by atoms with Crippen molar-refractivity contribution in [2.24, 2.45) is 11.0 Å². The number of aliphatic carboxylic acids is 1. The lowest BCUT2D eigenvalue weighted by Crippen LogP contribution is -2.35. The van der Waals surface area contributed by atoms with Gasteiger partial charge >= 0.3 is 5.97 Å². The summed E-state index contributed by atoms with van der Waals surface area (Å²) in [5.74, 6) is -1.07. The Morgan fingerprint density at radius 3 is 2.80 bits per heavy atom. The van der Waals surface area contributed by atoms with E-state index in [4.69, 9.17) is 15.6 Å². The van der Waals surface area contributed by atoms with E-state index in [2.05, 4.69) is 5.29 Å². The van der Waals surface area contributed by atoms with Gasteiger partial charge in [0.25, 0.3) is 0 Å². The van der Waals surface area contributed by atoms with Gasteiger partial charge in [-0.3, -0.25) is 9.80 Å². The average Bonchev–Trinajstić information content (AvgIpc) is 2.22. The van der Waals surface area contributed by atoms with Crippen molar-refractivity contribution in [3.63, 3.8) is 0 Å². The fourth-order valence-electron chi connectivity index (χ4n) is 0.867. The van der Waals surface area contributed by atoms with Crippen LogP contribution in [0.1, 0.15) is 12.8 Å². The summed E-state index contributed by atoms with van der Waals surface area (Å²) in [6.07, 6.45) is 1.51. The standard InChI is InChI=1S/C8H17N3O4/c1-11(10-14)4-2-3-5-15-6-7(9)8(12)13/h7H,2-6,9H2,1H3,(H,12,13)/t7-/m0/s1. The fourth-order valence-corrected chi connectivity index (χ4v) is 0.867. The summed E-state index contributed by atoms with van der Waals surface area (Å²) in [7, 11) is 1.59. The number of hydrogen-bond acceptors (Lipinski definition) is 5. The highest BCUT2D eigenvalue weighted by Crippen LogP contribution is 1.94. The monoisotopic (exact) mass is 219 g/mol. The summed E-state index contributed by atoms with van der Waals surface area (Å²) in [6, 6.07) is -0.968. The second-order valence-electron chi connectivity index (χ2n) is 3.19. The molecule has 0 spiro atoms. The Labute approximate surface area is 88.1 Å². The molecular formula is C8H17N3O4. The molecule has 0 radical (unpaired) electrons. The molecule has 0 heterocycles. The van der Waals surface area contributed by atoms with E-state index in [1.165, 1.54) is 5.01 Å². The first-order chi connectivity index (χ1) is 7.07. The van der Waals surface area contributed by atoms with Crippen LogP contribution in [0.3, 0.4) is 0 Å². The van der Waals surface area contributed by atoms with Crippen molar-refractivity contribution in [3.05, 3.63) is 4.91 Å². The van der Waals surface area contributed by atoms with Crippen molar-refractivity contribution in [2.45, 2.75) is 18.9 Å². The van der Waals surface area contributed by atoms with Gasteiger partial charge in [0.1, 0.15) is 6.04 Å². The van der Waals surface area contributed by atoms with Crippen LogP contribution in [0.4, 0.5) is 0 Å². The molecule has 7 heteroatoms. The third-order valence-electron chi connectivity index (χ3n) is 1.77. The van der Waals surface area contributed by atoms with Crippen molar-refractivity contribution in [3.8, 4) is 0 Å². The maximum Gasteiger partial charge on any atom is 0.322 e. The van der Waals surface area contributed by atoms with Crippen molar-refractivity contribution in [2.75, 3.05) is 26.8 Å². The normalized spacial score (nSPS) is 12.1. The minimum Gasteiger partial charge on any atom is -0.480 e. The maximum atomic E-state index is 10.3. The van der Waals surface area contributed by atoms with E-state index in [0.717, 1.165) is 12.8 Å². The van der Waals surface area contributed by atoms with Gasteiger partial charge in [-0.2, -0.15) is 0 Å². The number of carboxylic acids is 1. The van der Waals surface area contributed by atoms with Gasteiger partial charge < -0.3 is 15.6 Å². The van der Waals surface area contributed by atoms with Gasteiger partial charge in [0.2, 0.25) is 0 Å². The molecule has 7 nitrogen and oxygen atoms in total. The van der Waals surface area contributed by atoms with Crippen molar-refractivity contribution in [1.29, 1.82) is 0 Å². The fraction of sp³-hybridized carbons (Fsp3) is 0.875. The summed E-state index contributed by atoms with van der Waals surface area (Å²) < 4.78 is 5.04. The number of nitroso groups, excluding NO2 is 1. The predicted octanol–water partition coefficient (Wildman–Crippen LogP) is -0.192. The molecule has 0 saturated carbocycles. The summed E-state index contributed by atoms with van der Waals surface area (Å²) >= 11 is 0. The molecule has 0 aromatic carbocycles. The molecule has 3 N–H and O–H groups in total. The SMILES string of the molecule is CN(CCCCOC[C@H](N)C(=O)O)N=O. The molecule has 88 valence electrons. The summed E-state index contributed by atoms with van der Waals surface area (Å²) in [6.45, 7) is 1.02. The Bertz CT molecular complexity index is 200. The van der Waals surface area contributed by atoms with Gasteiger partial charge in [0.15, 0.2) is 0 Å². The minimum absolute atomic E-state index is 0.0110. The van der Waals surface area contributed by atoms with Crippen LogP contribution >= 0.6 is 0 Å². The Hall–Kier alpha value is -1.21. The van der Waals surface area contributed by atoms with Crippen LogP contribution < -0.4 is 5.73 Å². The van der Waals surface area contributed by atoms with Gasteiger partial charge in [0.05, 0.1) is 11.9 Å². The topological polar surface area (TPSA) is 105 Å². The maximum absolute atomic E-state index is 10.3. The number of carboxylic acid groups (broad SMARTS) is 1. The zero-order valence-corrected chi connectivity index (χ0v) is 8.76. The van der Waals surface area contributed by atoms with Gasteiger partial charge in [-0.25, -0.2) is 0 Å². The third-order valence-corrected chi connectivity index (χ3v) is 1.77. The van der Waals surface area contributed by atoms with Crippen LogP contribution in [0, 0.1) is 4.91 Å². The lowest BCUT2D eigenvalue weighted by molar-refractivity contribution is -0.140. The molecule has 0 rings (SSSR count). The first-order valence-corrected chi connectivity index (χ1v) is 4.68. The lowest BCUT2D eigenvalue weighted by Gasteiger charge is -2.09. The largest absolute Gasteiger partial charge is 0.480 e. The smallest absolute Gasteiger partial charge is 0.322 e. The average molecular weight is 219 g/mol. The Kier molecular flexibility index (Phi) is 7.47. The Morgan fingerprint density at radius 2 is 2.27 bits per heavy atom. The summed E-state index contributed by atoms with van der Waals surface area (Å²) in [5.41, 5.74) is 5.21. The number of carbonyl (C=O) groups is 1. The molecule has 0 fully saturated rings. The molecule has 0 aromatic heterocycles. The molecule has 0 unspecified atom stereocenters. The number of nitrogens with zero attached hydrogens (tertiary/aromatic N) is 2. The third kappa shape index (κ3) is 7.83. The van der Waals surface area contributed by atoms with Crippen molar-refractivity contribution >= 4 is 5.97 Å². The number of nitrogens with two attached hydrogens (primary N) is 1. The van der Waals surface area contributed by atoms with Gasteiger partial charge in [0, 0.05) is 20.2 Å². The molecule has 0 bridgehead atoms. The first kappa shape index (κ1) is 13.8. The highest BCUT2D eigenvalue weighted by atomic mass is 16.5. The second kappa shape index (κ2) is 8.13. The van der Waals surface area contributed by atoms with Crippen LogP contribution in [0.25, 0.3) is 0 Å². The van der Waals surface area contributed by atoms with E-state index in [1.54, 1.807) is 7.05 Å². The molecule has 0 aliphatic heterocycles. The van der Waals surface area contributed by atoms with Crippen LogP contribution in [-0.2, 0) is 9.53 Å². The Morgan fingerprint density at radius 1 is 1.60 bits per heavy atom. The van der Waals surface area contributed by atoms with Crippen LogP contribution in [-0.4, -0.2) is 48.9 Å². The van der Waals surface area contributed by atoms with E-state index < -0.39 is 12.0 Å². The van der Waals surface area contributed by atoms with E-state index >= 15 is 0 Å². The summed E-state index contributed by atoms with van der Waals surface area (Å²) in [4.78, 5) is 20.2. The van der Waals surface area contributed by atoms with Gasteiger partial charge in [-0.05, 0) is 12.8 Å². The highest BCUT2D eigenvalue weighted by Gasteiger charge is 2.10. The number of ether oxygens (including phenoxy) is 1. The quantitative estimate of drug-likeness (QED) is 0.316. The zero-order chi connectivity index (χ0) is 11.7. The second-order valence-corrected chi connectivity index (χ2v) is 3.19. The minimum atomic E-state index is -1.07. The van der Waals surface area contributed by atoms with Crippen LogP contribution in [0.5, 0.6) is 0 Å². The molecule has 0 saturated heterocycles. The van der Waals surface area contributed by atoms with Crippen LogP contribution in [0.15, 0.2) is 5.29 Å². The molecule has 0 aromatic rings. The van der Waals surface area contributed by atoms with Crippen LogP contribution in [0.2, 0.25) is 0 Å². The van der Waals surface area contributed by atoms with Gasteiger partial charge in [-0.1, -0.05) is 0 Å². The molecule has 0 amide bonds. The number of hydrogen-bond donors (Lipinski definition) is 2. The molecule has 0 aliphatic rings. The van der Waals surface area contributed by atoms with E-state index in [9.17, 15) is 9.70 Å². The predicted molar refractivity (Wildman–Crippen MR) is 54.1 cm³/mol. The first-order valence-electron chi connectivity index (χ1n) is 4.68.